The van der Waals surface area contributed by atoms with Crippen LogP contribution in [0.1, 0.15) is 136 Å². The first-order chi connectivity index (χ1) is 60.9. The zero-order valence-corrected chi connectivity index (χ0v) is 77.5. The van der Waals surface area contributed by atoms with Crippen LogP contribution in [0.4, 0.5) is 13.2 Å². The Morgan fingerprint density at radius 2 is 0.638 bits per heavy atom. The normalized spacial score (nSPS) is 19.1. The van der Waals surface area contributed by atoms with E-state index in [0.717, 1.165) is 97.1 Å². The minimum atomic E-state index is -4.36. The van der Waals surface area contributed by atoms with Crippen molar-refractivity contribution in [2.24, 2.45) is 34.0 Å². The van der Waals surface area contributed by atoms with E-state index >= 15 is 0 Å². The quantitative estimate of drug-likeness (QED) is 0.0343. The largest absolute Gasteiger partial charge is 0.481 e. The lowest BCUT2D eigenvalue weighted by Gasteiger charge is -2.55. The van der Waals surface area contributed by atoms with Gasteiger partial charge < -0.3 is 28.4 Å². The molecular formula is C109H111F3O11S4+4. The van der Waals surface area contributed by atoms with Crippen molar-refractivity contribution in [3.63, 3.8) is 0 Å². The third-order valence-electron chi connectivity index (χ3n) is 25.3. The zero-order valence-electron chi connectivity index (χ0n) is 74.2. The molecule has 654 valence electrons. The van der Waals surface area contributed by atoms with E-state index in [-0.39, 0.29) is 66.9 Å². The van der Waals surface area contributed by atoms with Gasteiger partial charge in [-0.3, -0.25) is 14.4 Å². The van der Waals surface area contributed by atoms with Gasteiger partial charge in [-0.15, -0.1) is 0 Å². The fourth-order valence-electron chi connectivity index (χ4n) is 19.0. The highest BCUT2D eigenvalue weighted by atomic mass is 32.2. The molecule has 127 heavy (non-hydrogen) atoms. The summed E-state index contributed by atoms with van der Waals surface area (Å²) < 4.78 is 70.4. The maximum absolute atomic E-state index is 13.6. The molecule has 6 aliphatic rings. The van der Waals surface area contributed by atoms with Crippen LogP contribution in [0.15, 0.2) is 350 Å². The Bertz CT molecular complexity index is 5580. The molecule has 18 heteroatoms. The standard InChI is InChI=1S/C31H33O2S.C30H31O4S.C25H24F3O3S.C23H23O2S/c1-21-13-28(34(26-9-5-3-6-10-26)27-11-7-4-8-12-27)14-22(2)29(21)33-30(32)31-18-23-15-24(19-31)17-25(16-23)20-31;1-20-18-24(35(22-12-8-6-9-13-22)23-14-10-7-11-15-23)19-21(2)25(20)33-27(32)30-17-16-29(5,26(31)34-30)28(30,3)4;1-18-15-22(32(20-9-5-3-6-10-20)21-11-7-4-8-12-21)16-19(2)24(18)31-17-23(29)30-14-13-25(26,27)28;1-4-22(24)25-23-17(2)15-21(16-18(23)3)26(19-11-7-5-8-12-19)20-13-9-6-10-14-20/h3-14,23-25H,15-20H2,1-2H3;6-15,18-19H,16-17H2,1-5H3;3-12,15-16H,13-14,17H2,1-2H3;5-16H,4H2,1-3H3/q4*+1. The molecule has 11 nitrogen and oxygen atoms in total. The van der Waals surface area contributed by atoms with E-state index in [0.29, 0.717) is 36.5 Å². The summed E-state index contributed by atoms with van der Waals surface area (Å²) in [5.41, 5.74) is 4.77. The number of carbonyl (C=O) groups is 5. The molecule has 0 radical (unpaired) electrons. The van der Waals surface area contributed by atoms with Gasteiger partial charge in [-0.1, -0.05) is 166 Å². The average Bonchev–Trinajstić information content (AvgIpc) is 1.52. The first-order valence-electron chi connectivity index (χ1n) is 43.5. The summed E-state index contributed by atoms with van der Waals surface area (Å²) in [7, 11) is -1.02. The van der Waals surface area contributed by atoms with Crippen LogP contribution in [-0.4, -0.2) is 54.8 Å². The van der Waals surface area contributed by atoms with E-state index in [4.69, 9.17) is 23.7 Å². The topological polar surface area (TPSA) is 141 Å². The smallest absolute Gasteiger partial charge is 0.392 e. The van der Waals surface area contributed by atoms with Crippen molar-refractivity contribution in [2.45, 2.75) is 218 Å². The van der Waals surface area contributed by atoms with Crippen LogP contribution in [0.25, 0.3) is 0 Å². The first kappa shape index (κ1) is 92.2. The molecule has 6 bridgehead atoms. The molecular weight excluding hydrogens is 1670 g/mol. The Balaban J connectivity index is 0.000000138. The molecule has 0 amide bonds. The third kappa shape index (κ3) is 20.7. The van der Waals surface area contributed by atoms with Crippen molar-refractivity contribution in [1.82, 2.24) is 0 Å². The maximum Gasteiger partial charge on any atom is 0.392 e. The van der Waals surface area contributed by atoms with Crippen molar-refractivity contribution in [3.05, 3.63) is 336 Å². The van der Waals surface area contributed by atoms with Gasteiger partial charge in [0.15, 0.2) is 65.4 Å². The van der Waals surface area contributed by atoms with Gasteiger partial charge in [0.2, 0.25) is 5.60 Å². The number of alkyl halides is 3. The second-order valence-electron chi connectivity index (χ2n) is 34.6. The number of fused-ring (bicyclic) bond motifs is 2. The average molecular weight is 1780 g/mol. The second-order valence-corrected chi connectivity index (χ2v) is 42.7. The Kier molecular flexibility index (Phi) is 29.1. The summed E-state index contributed by atoms with van der Waals surface area (Å²) in [5.74, 6) is 2.99. The maximum atomic E-state index is 13.6. The van der Waals surface area contributed by atoms with Crippen molar-refractivity contribution < 1.29 is 65.6 Å². The number of carbonyl (C=O) groups excluding carboxylic acids is 5. The van der Waals surface area contributed by atoms with Gasteiger partial charge in [0.1, 0.15) is 29.6 Å². The second kappa shape index (κ2) is 40.1. The number of ether oxygens (including phenoxy) is 6. The monoisotopic (exact) mass is 1780 g/mol. The zero-order chi connectivity index (χ0) is 90.0. The number of halogens is 3. The molecule has 2 atom stereocenters. The van der Waals surface area contributed by atoms with E-state index in [9.17, 15) is 37.1 Å². The summed E-state index contributed by atoms with van der Waals surface area (Å²) in [5, 5.41) is 0. The van der Waals surface area contributed by atoms with E-state index in [2.05, 4.69) is 237 Å². The van der Waals surface area contributed by atoms with Gasteiger partial charge in [0.05, 0.1) is 60.8 Å². The van der Waals surface area contributed by atoms with Crippen molar-refractivity contribution in [3.8, 4) is 23.0 Å². The molecule has 12 aromatic carbocycles. The van der Waals surface area contributed by atoms with Crippen molar-refractivity contribution in [1.29, 1.82) is 0 Å². The Hall–Kier alpha value is -11.0. The fraction of sp³-hybridized carbons (Fsp3) is 0.294. The molecule has 1 heterocycles. The molecule has 0 spiro atoms. The first-order valence-corrected chi connectivity index (χ1v) is 48.4. The van der Waals surface area contributed by atoms with Crippen LogP contribution < -0.4 is 18.9 Å². The molecule has 0 aromatic heterocycles. The number of hydrogen-bond acceptors (Lipinski definition) is 11. The van der Waals surface area contributed by atoms with Crippen LogP contribution in [0.3, 0.4) is 0 Å². The number of aryl methyl sites for hydroxylation is 8. The molecule has 2 unspecified atom stereocenters. The number of hydrogen-bond donors (Lipinski definition) is 0. The minimum Gasteiger partial charge on any atom is -0.481 e. The van der Waals surface area contributed by atoms with Crippen molar-refractivity contribution in [2.75, 3.05) is 13.2 Å². The Labute approximate surface area is 757 Å². The predicted octanol–water partition coefficient (Wildman–Crippen LogP) is 25.9. The summed E-state index contributed by atoms with van der Waals surface area (Å²) in [6.45, 7) is 22.4. The van der Waals surface area contributed by atoms with Gasteiger partial charge >= 0.3 is 36.0 Å². The highest BCUT2D eigenvalue weighted by Crippen LogP contribution is 2.66. The molecule has 5 aliphatic carbocycles. The highest BCUT2D eigenvalue weighted by Gasteiger charge is 2.76. The van der Waals surface area contributed by atoms with E-state index in [1.54, 1.807) is 0 Å². The van der Waals surface area contributed by atoms with Gasteiger partial charge in [0, 0.05) is 60.4 Å². The predicted molar refractivity (Wildman–Crippen MR) is 499 cm³/mol. The van der Waals surface area contributed by atoms with E-state index in [1.165, 1.54) is 68.2 Å². The Morgan fingerprint density at radius 1 is 0.370 bits per heavy atom. The van der Waals surface area contributed by atoms with Crippen LogP contribution >= 0.6 is 0 Å². The number of rotatable bonds is 23. The van der Waals surface area contributed by atoms with Crippen LogP contribution in [0.5, 0.6) is 23.0 Å². The van der Waals surface area contributed by atoms with Crippen LogP contribution in [0, 0.1) is 89.4 Å². The summed E-state index contributed by atoms with van der Waals surface area (Å²) in [4.78, 5) is 78.0. The lowest BCUT2D eigenvalue weighted by atomic mass is 9.49. The fourth-order valence-corrected chi connectivity index (χ4v) is 28.0. The molecule has 12 aromatic rings. The minimum absolute atomic E-state index is 0.0377. The van der Waals surface area contributed by atoms with Gasteiger partial charge in [0.25, 0.3) is 0 Å². The van der Waals surface area contributed by atoms with Gasteiger partial charge in [-0.25, -0.2) is 9.59 Å². The third-order valence-corrected chi connectivity index (χ3v) is 34.0. The van der Waals surface area contributed by atoms with Gasteiger partial charge in [-0.2, -0.15) is 13.2 Å². The number of benzene rings is 12. The van der Waals surface area contributed by atoms with Gasteiger partial charge in [-0.05, 0) is 273 Å². The molecule has 5 saturated carbocycles. The highest BCUT2D eigenvalue weighted by molar-refractivity contribution is 7.98. The molecule has 18 rings (SSSR count). The molecule has 1 aliphatic heterocycles. The SMILES string of the molecule is CCC(=O)Oc1c(C)cc([S+](c2ccccc2)c2ccccc2)cc1C.Cc1cc([S+](c2ccccc2)c2ccccc2)cc(C)c1OC(=O)C12CC3CC(CC(C3)C1)C2.Cc1cc([S+](c2ccccc2)c2ccccc2)cc(C)c1OC(=O)C12CCC(C)(C(=O)O1)C2(C)C.Cc1cc([S+](c2ccccc2)c2ccccc2)cc(C)c1OCC(=O)OCCC(F)(F)F. The van der Waals surface area contributed by atoms with Crippen LogP contribution in [-0.2, 0) is 77.0 Å². The summed E-state index contributed by atoms with van der Waals surface area (Å²) >= 11 is 0. The number of esters is 5. The summed E-state index contributed by atoms with van der Waals surface area (Å²) in [6, 6.07) is 101. The van der Waals surface area contributed by atoms with E-state index < -0.39 is 54.2 Å². The molecule has 1 saturated heterocycles. The molecule has 0 N–H and O–H groups in total. The van der Waals surface area contributed by atoms with Crippen molar-refractivity contribution >= 4 is 73.4 Å². The van der Waals surface area contributed by atoms with E-state index in [1.807, 2.05) is 142 Å². The molecule has 6 fully saturated rings. The lowest BCUT2D eigenvalue weighted by Crippen LogP contribution is -2.51. The van der Waals surface area contributed by atoms with Crippen LogP contribution in [0.2, 0.25) is 0 Å². The lowest BCUT2D eigenvalue weighted by molar-refractivity contribution is -0.176. The summed E-state index contributed by atoms with van der Waals surface area (Å²) in [6.07, 6.45) is 3.08. The Morgan fingerprint density at radius 3 is 0.890 bits per heavy atom.